The van der Waals surface area contributed by atoms with Crippen LogP contribution in [0.25, 0.3) is 0 Å². The molecule has 1 aliphatic carbocycles. The topological polar surface area (TPSA) is 44.4 Å². The fourth-order valence-electron chi connectivity index (χ4n) is 3.47. The van der Waals surface area contributed by atoms with Gasteiger partial charge < -0.3 is 10.6 Å². The maximum atomic E-state index is 11.9. The molecule has 18 heavy (non-hydrogen) atoms. The van der Waals surface area contributed by atoms with Crippen molar-refractivity contribution in [1.29, 1.82) is 0 Å². The van der Waals surface area contributed by atoms with E-state index in [0.29, 0.717) is 12.1 Å². The molecule has 1 saturated carbocycles. The van der Waals surface area contributed by atoms with Crippen LogP contribution < -0.4 is 10.6 Å². The standard InChI is InChI=1S/C14H25N3O/c1-10-8-11(9-17(10)12-5-6-12)16-13-4-2-3-7-15-14(13)18/h10-13,16H,2-9H2,1H3,(H,15,18). The fourth-order valence-corrected chi connectivity index (χ4v) is 3.47. The number of nitrogens with zero attached hydrogens (tertiary/aromatic N) is 1. The molecule has 102 valence electrons. The molecule has 2 heterocycles. The first kappa shape index (κ1) is 12.4. The van der Waals surface area contributed by atoms with Gasteiger partial charge in [0.15, 0.2) is 0 Å². The lowest BCUT2D eigenvalue weighted by atomic mass is 10.1. The highest BCUT2D eigenvalue weighted by atomic mass is 16.2. The van der Waals surface area contributed by atoms with Crippen LogP contribution in [0.3, 0.4) is 0 Å². The molecule has 0 aromatic heterocycles. The number of hydrogen-bond donors (Lipinski definition) is 2. The maximum absolute atomic E-state index is 11.9. The van der Waals surface area contributed by atoms with E-state index < -0.39 is 0 Å². The van der Waals surface area contributed by atoms with Gasteiger partial charge in [0.05, 0.1) is 6.04 Å². The first-order chi connectivity index (χ1) is 8.74. The average Bonchev–Trinajstić information content (AvgIpc) is 3.13. The van der Waals surface area contributed by atoms with Crippen LogP contribution in [0.2, 0.25) is 0 Å². The number of hydrogen-bond acceptors (Lipinski definition) is 3. The highest BCUT2D eigenvalue weighted by Crippen LogP contribution is 2.33. The molecular formula is C14H25N3O. The molecule has 3 fully saturated rings. The Balaban J connectivity index is 1.54. The second-order valence-electron chi connectivity index (χ2n) is 6.22. The maximum Gasteiger partial charge on any atom is 0.237 e. The monoisotopic (exact) mass is 251 g/mol. The summed E-state index contributed by atoms with van der Waals surface area (Å²) in [6, 6.07) is 2.08. The first-order valence-electron chi connectivity index (χ1n) is 7.53. The molecule has 2 N–H and O–H groups in total. The lowest BCUT2D eigenvalue weighted by Gasteiger charge is -2.21. The first-order valence-corrected chi connectivity index (χ1v) is 7.53. The van der Waals surface area contributed by atoms with Crippen molar-refractivity contribution in [2.75, 3.05) is 13.1 Å². The summed E-state index contributed by atoms with van der Waals surface area (Å²) in [4.78, 5) is 14.6. The molecule has 2 saturated heterocycles. The molecule has 3 unspecified atom stereocenters. The summed E-state index contributed by atoms with van der Waals surface area (Å²) in [6.45, 7) is 4.31. The van der Waals surface area contributed by atoms with Crippen molar-refractivity contribution in [3.05, 3.63) is 0 Å². The third-order valence-electron chi connectivity index (χ3n) is 4.61. The highest BCUT2D eigenvalue weighted by molar-refractivity contribution is 5.81. The molecule has 0 aromatic carbocycles. The van der Waals surface area contributed by atoms with Crippen molar-refractivity contribution in [1.82, 2.24) is 15.5 Å². The van der Waals surface area contributed by atoms with Gasteiger partial charge in [0.2, 0.25) is 5.91 Å². The highest BCUT2D eigenvalue weighted by Gasteiger charge is 2.39. The number of nitrogens with one attached hydrogen (secondary N) is 2. The average molecular weight is 251 g/mol. The van der Waals surface area contributed by atoms with E-state index in [-0.39, 0.29) is 11.9 Å². The van der Waals surface area contributed by atoms with Crippen molar-refractivity contribution in [2.24, 2.45) is 0 Å². The summed E-state index contributed by atoms with van der Waals surface area (Å²) >= 11 is 0. The van der Waals surface area contributed by atoms with Crippen LogP contribution in [0.15, 0.2) is 0 Å². The van der Waals surface area contributed by atoms with Gasteiger partial charge in [-0.1, -0.05) is 0 Å². The number of rotatable bonds is 3. The van der Waals surface area contributed by atoms with Crippen molar-refractivity contribution >= 4 is 5.91 Å². The van der Waals surface area contributed by atoms with E-state index in [4.69, 9.17) is 0 Å². The van der Waals surface area contributed by atoms with E-state index in [1.54, 1.807) is 0 Å². The molecule has 4 nitrogen and oxygen atoms in total. The minimum atomic E-state index is 0.0452. The molecule has 3 rings (SSSR count). The Morgan fingerprint density at radius 1 is 1.28 bits per heavy atom. The number of likely N-dealkylation sites (tertiary alicyclic amines) is 1. The molecule has 0 bridgehead atoms. The lowest BCUT2D eigenvalue weighted by Crippen LogP contribution is -2.48. The zero-order valence-electron chi connectivity index (χ0n) is 11.3. The van der Waals surface area contributed by atoms with E-state index in [0.717, 1.165) is 38.4 Å². The Labute approximate surface area is 109 Å². The summed E-state index contributed by atoms with van der Waals surface area (Å²) in [5.74, 6) is 0.213. The second-order valence-corrected chi connectivity index (χ2v) is 6.22. The van der Waals surface area contributed by atoms with Gasteiger partial charge in [-0.25, -0.2) is 0 Å². The van der Waals surface area contributed by atoms with Gasteiger partial charge in [-0.3, -0.25) is 9.69 Å². The molecule has 0 radical (unpaired) electrons. The summed E-state index contributed by atoms with van der Waals surface area (Å²) in [5, 5.41) is 6.61. The molecule has 4 heteroatoms. The molecular weight excluding hydrogens is 226 g/mol. The summed E-state index contributed by atoms with van der Waals surface area (Å²) < 4.78 is 0. The third-order valence-corrected chi connectivity index (χ3v) is 4.61. The van der Waals surface area contributed by atoms with Gasteiger partial charge in [0.25, 0.3) is 0 Å². The molecule has 0 aromatic rings. The van der Waals surface area contributed by atoms with Gasteiger partial charge in [-0.15, -0.1) is 0 Å². The Hall–Kier alpha value is -0.610. The minimum absolute atomic E-state index is 0.0452. The Bertz CT molecular complexity index is 316. The van der Waals surface area contributed by atoms with Gasteiger partial charge in [0.1, 0.15) is 0 Å². The van der Waals surface area contributed by atoms with Gasteiger partial charge in [0, 0.05) is 31.2 Å². The smallest absolute Gasteiger partial charge is 0.237 e. The molecule has 3 aliphatic rings. The minimum Gasteiger partial charge on any atom is -0.355 e. The van der Waals surface area contributed by atoms with E-state index in [1.165, 1.54) is 19.3 Å². The summed E-state index contributed by atoms with van der Waals surface area (Å²) in [6.07, 6.45) is 7.23. The molecule has 0 spiro atoms. The second kappa shape index (κ2) is 5.17. The zero-order chi connectivity index (χ0) is 12.5. The Morgan fingerprint density at radius 3 is 2.89 bits per heavy atom. The van der Waals surface area contributed by atoms with Crippen molar-refractivity contribution in [2.45, 2.75) is 69.6 Å². The molecule has 3 atom stereocenters. The largest absolute Gasteiger partial charge is 0.355 e. The van der Waals surface area contributed by atoms with E-state index in [1.807, 2.05) is 0 Å². The van der Waals surface area contributed by atoms with Crippen LogP contribution >= 0.6 is 0 Å². The van der Waals surface area contributed by atoms with Crippen molar-refractivity contribution in [3.8, 4) is 0 Å². The van der Waals surface area contributed by atoms with Crippen molar-refractivity contribution in [3.63, 3.8) is 0 Å². The van der Waals surface area contributed by atoms with Crippen LogP contribution in [0.1, 0.15) is 45.4 Å². The Kier molecular flexibility index (Phi) is 3.57. The summed E-state index contributed by atoms with van der Waals surface area (Å²) in [7, 11) is 0. The summed E-state index contributed by atoms with van der Waals surface area (Å²) in [5.41, 5.74) is 0. The van der Waals surface area contributed by atoms with Crippen LogP contribution in [-0.2, 0) is 4.79 Å². The predicted octanol–water partition coefficient (Wildman–Crippen LogP) is 0.870. The van der Waals surface area contributed by atoms with Crippen LogP contribution in [-0.4, -0.2) is 48.1 Å². The normalized spacial score (nSPS) is 38.5. The van der Waals surface area contributed by atoms with E-state index in [9.17, 15) is 4.79 Å². The van der Waals surface area contributed by atoms with Crippen LogP contribution in [0, 0.1) is 0 Å². The number of carbonyl (C=O) groups is 1. The van der Waals surface area contributed by atoms with Crippen molar-refractivity contribution < 1.29 is 4.79 Å². The Morgan fingerprint density at radius 2 is 2.11 bits per heavy atom. The third kappa shape index (κ3) is 2.69. The lowest BCUT2D eigenvalue weighted by molar-refractivity contribution is -0.123. The fraction of sp³-hybridized carbons (Fsp3) is 0.929. The quantitative estimate of drug-likeness (QED) is 0.782. The van der Waals surface area contributed by atoms with Crippen LogP contribution in [0.4, 0.5) is 0 Å². The predicted molar refractivity (Wildman–Crippen MR) is 71.4 cm³/mol. The number of amides is 1. The molecule has 2 aliphatic heterocycles. The zero-order valence-corrected chi connectivity index (χ0v) is 11.3. The van der Waals surface area contributed by atoms with Gasteiger partial charge in [-0.05, 0) is 45.4 Å². The number of carbonyl (C=O) groups excluding carboxylic acids is 1. The van der Waals surface area contributed by atoms with Gasteiger partial charge >= 0.3 is 0 Å². The molecule has 1 amide bonds. The van der Waals surface area contributed by atoms with E-state index >= 15 is 0 Å². The van der Waals surface area contributed by atoms with Crippen LogP contribution in [0.5, 0.6) is 0 Å². The van der Waals surface area contributed by atoms with E-state index in [2.05, 4.69) is 22.5 Å². The SMILES string of the molecule is CC1CC(NC2CCCCNC2=O)CN1C1CC1. The van der Waals surface area contributed by atoms with Gasteiger partial charge in [-0.2, -0.15) is 0 Å².